The fourth-order valence-electron chi connectivity index (χ4n) is 2.57. The molecular weight excluding hydrogens is 304 g/mol. The van der Waals surface area contributed by atoms with Crippen LogP contribution in [0.15, 0.2) is 28.8 Å². The number of anilines is 3. The van der Waals surface area contributed by atoms with Crippen LogP contribution >= 0.6 is 0 Å². The van der Waals surface area contributed by atoms with Crippen LogP contribution in [0.2, 0.25) is 0 Å². The highest BCUT2D eigenvalue weighted by molar-refractivity contribution is 5.90. The highest BCUT2D eigenvalue weighted by Crippen LogP contribution is 2.22. The van der Waals surface area contributed by atoms with E-state index >= 15 is 0 Å². The van der Waals surface area contributed by atoms with E-state index in [-0.39, 0.29) is 5.91 Å². The number of aryl methyl sites for hydroxylation is 2. The average molecular weight is 330 g/mol. The number of hydrogen-bond acceptors (Lipinski definition) is 5. The number of nitrogens with one attached hydrogen (secondary N) is 2. The summed E-state index contributed by atoms with van der Waals surface area (Å²) in [6.07, 6.45) is 0.364. The van der Waals surface area contributed by atoms with Crippen LogP contribution in [0.4, 0.5) is 17.2 Å². The maximum atomic E-state index is 11.9. The molecule has 6 heteroatoms. The third-order valence-corrected chi connectivity index (χ3v) is 3.90. The highest BCUT2D eigenvalue weighted by Gasteiger charge is 2.07. The summed E-state index contributed by atoms with van der Waals surface area (Å²) in [6, 6.07) is 8.05. The molecule has 0 saturated carbocycles. The predicted octanol–water partition coefficient (Wildman–Crippen LogP) is 3.58. The van der Waals surface area contributed by atoms with Gasteiger partial charge in [-0.25, -0.2) is 0 Å². The van der Waals surface area contributed by atoms with Gasteiger partial charge in [-0.05, 0) is 51.5 Å². The number of benzene rings is 1. The van der Waals surface area contributed by atoms with Crippen LogP contribution in [-0.2, 0) is 4.79 Å². The molecule has 0 fully saturated rings. The third kappa shape index (κ3) is 4.75. The van der Waals surface area contributed by atoms with E-state index in [1.807, 2.05) is 0 Å². The van der Waals surface area contributed by atoms with Gasteiger partial charge in [0.15, 0.2) is 5.82 Å². The van der Waals surface area contributed by atoms with E-state index in [1.165, 1.54) is 11.3 Å². The van der Waals surface area contributed by atoms with Crippen molar-refractivity contribution >= 4 is 23.1 Å². The summed E-state index contributed by atoms with van der Waals surface area (Å²) in [4.78, 5) is 14.2. The zero-order valence-corrected chi connectivity index (χ0v) is 14.8. The molecule has 1 heterocycles. The first-order chi connectivity index (χ1) is 11.5. The summed E-state index contributed by atoms with van der Waals surface area (Å²) < 4.78 is 4.92. The van der Waals surface area contributed by atoms with Gasteiger partial charge in [0.05, 0.1) is 0 Å². The van der Waals surface area contributed by atoms with Gasteiger partial charge >= 0.3 is 0 Å². The Hall–Kier alpha value is -2.50. The summed E-state index contributed by atoms with van der Waals surface area (Å²) in [5.41, 5.74) is 3.45. The van der Waals surface area contributed by atoms with E-state index in [4.69, 9.17) is 4.52 Å². The number of carbonyl (C=O) groups is 1. The van der Waals surface area contributed by atoms with Crippen LogP contribution in [-0.4, -0.2) is 30.7 Å². The fourth-order valence-corrected chi connectivity index (χ4v) is 2.57. The second-order valence-corrected chi connectivity index (χ2v) is 5.72. The Balaban J connectivity index is 1.84. The molecule has 6 nitrogen and oxygen atoms in total. The van der Waals surface area contributed by atoms with E-state index < -0.39 is 0 Å². The zero-order valence-electron chi connectivity index (χ0n) is 14.8. The van der Waals surface area contributed by atoms with Gasteiger partial charge in [-0.15, -0.1) is 0 Å². The van der Waals surface area contributed by atoms with Crippen molar-refractivity contribution in [3.8, 4) is 0 Å². The summed E-state index contributed by atoms with van der Waals surface area (Å²) >= 11 is 0. The van der Waals surface area contributed by atoms with Gasteiger partial charge in [0.1, 0.15) is 5.76 Å². The maximum absolute atomic E-state index is 11.9. The van der Waals surface area contributed by atoms with E-state index in [1.54, 1.807) is 13.0 Å². The van der Waals surface area contributed by atoms with Crippen molar-refractivity contribution < 1.29 is 9.32 Å². The Morgan fingerprint density at radius 2 is 1.96 bits per heavy atom. The molecule has 2 N–H and O–H groups in total. The molecular formula is C18H26N4O2. The molecule has 1 aromatic carbocycles. The molecule has 0 saturated heterocycles. The van der Waals surface area contributed by atoms with Crippen LogP contribution in [0.25, 0.3) is 0 Å². The van der Waals surface area contributed by atoms with E-state index in [0.717, 1.165) is 18.8 Å². The Kier molecular flexibility index (Phi) is 6.23. The predicted molar refractivity (Wildman–Crippen MR) is 97.7 cm³/mol. The summed E-state index contributed by atoms with van der Waals surface area (Å²) in [7, 11) is 0. The normalized spacial score (nSPS) is 10.5. The van der Waals surface area contributed by atoms with E-state index in [0.29, 0.717) is 24.5 Å². The number of amides is 1. The van der Waals surface area contributed by atoms with Crippen molar-refractivity contribution in [2.24, 2.45) is 0 Å². The maximum Gasteiger partial charge on any atom is 0.227 e. The second kappa shape index (κ2) is 8.38. The van der Waals surface area contributed by atoms with Crippen molar-refractivity contribution in [3.63, 3.8) is 0 Å². The molecule has 2 rings (SSSR count). The molecule has 0 spiro atoms. The molecule has 0 aliphatic rings. The molecule has 0 atom stereocenters. The van der Waals surface area contributed by atoms with Crippen LogP contribution in [0, 0.1) is 13.8 Å². The molecule has 1 aromatic heterocycles. The summed E-state index contributed by atoms with van der Waals surface area (Å²) in [6.45, 7) is 10.7. The number of aromatic nitrogens is 1. The van der Waals surface area contributed by atoms with E-state index in [2.05, 4.69) is 59.7 Å². The average Bonchev–Trinajstić information content (AvgIpc) is 2.95. The fraction of sp³-hybridized carbons (Fsp3) is 0.444. The van der Waals surface area contributed by atoms with Crippen molar-refractivity contribution in [2.45, 2.75) is 34.1 Å². The summed E-state index contributed by atoms with van der Waals surface area (Å²) in [5, 5.41) is 9.77. The molecule has 0 radical (unpaired) electrons. The molecule has 2 aromatic rings. The standard InChI is InChI=1S/C18H26N4O2/c1-5-22(6-2)15-7-8-16(13(3)11-15)19-10-9-18(23)20-17-12-14(4)24-21-17/h7-8,11-12,19H,5-6,9-10H2,1-4H3,(H,20,21,23). The van der Waals surface area contributed by atoms with Crippen LogP contribution in [0.3, 0.4) is 0 Å². The number of nitrogens with zero attached hydrogens (tertiary/aromatic N) is 2. The minimum atomic E-state index is -0.0896. The topological polar surface area (TPSA) is 70.4 Å². The lowest BCUT2D eigenvalue weighted by atomic mass is 10.1. The second-order valence-electron chi connectivity index (χ2n) is 5.72. The highest BCUT2D eigenvalue weighted by atomic mass is 16.5. The minimum Gasteiger partial charge on any atom is -0.384 e. The number of carbonyl (C=O) groups excluding carboxylic acids is 1. The first-order valence-electron chi connectivity index (χ1n) is 8.36. The lowest BCUT2D eigenvalue weighted by molar-refractivity contribution is -0.116. The van der Waals surface area contributed by atoms with Crippen molar-refractivity contribution in [1.29, 1.82) is 0 Å². The Bertz CT molecular complexity index is 677. The monoisotopic (exact) mass is 330 g/mol. The van der Waals surface area contributed by atoms with E-state index in [9.17, 15) is 4.79 Å². The molecule has 0 bridgehead atoms. The number of hydrogen-bond donors (Lipinski definition) is 2. The van der Waals surface area contributed by atoms with Gasteiger partial charge in [0.2, 0.25) is 5.91 Å². The van der Waals surface area contributed by atoms with Gasteiger partial charge < -0.3 is 20.1 Å². The molecule has 130 valence electrons. The Labute approximate surface area is 143 Å². The van der Waals surface area contributed by atoms with Crippen LogP contribution < -0.4 is 15.5 Å². The first-order valence-corrected chi connectivity index (χ1v) is 8.36. The molecule has 0 aliphatic carbocycles. The van der Waals surface area contributed by atoms with Crippen molar-refractivity contribution in [2.75, 3.05) is 35.2 Å². The van der Waals surface area contributed by atoms with Crippen molar-refractivity contribution in [3.05, 3.63) is 35.6 Å². The van der Waals surface area contributed by atoms with Crippen molar-refractivity contribution in [1.82, 2.24) is 5.16 Å². The lowest BCUT2D eigenvalue weighted by Crippen LogP contribution is -2.22. The smallest absolute Gasteiger partial charge is 0.227 e. The number of rotatable bonds is 8. The Morgan fingerprint density at radius 1 is 1.21 bits per heavy atom. The molecule has 0 aliphatic heterocycles. The third-order valence-electron chi connectivity index (χ3n) is 3.90. The molecule has 0 unspecified atom stereocenters. The quantitative estimate of drug-likeness (QED) is 0.774. The Morgan fingerprint density at radius 3 is 2.54 bits per heavy atom. The molecule has 1 amide bonds. The first kappa shape index (κ1) is 17.8. The summed E-state index contributed by atoms with van der Waals surface area (Å²) in [5.74, 6) is 1.04. The van der Waals surface area contributed by atoms with Crippen LogP contribution in [0.5, 0.6) is 0 Å². The van der Waals surface area contributed by atoms with Gasteiger partial charge in [-0.1, -0.05) is 5.16 Å². The minimum absolute atomic E-state index is 0.0896. The van der Waals surface area contributed by atoms with Crippen LogP contribution in [0.1, 0.15) is 31.6 Å². The van der Waals surface area contributed by atoms with Gasteiger partial charge in [-0.2, -0.15) is 0 Å². The SMILES string of the molecule is CCN(CC)c1ccc(NCCC(=O)Nc2cc(C)on2)c(C)c1. The molecule has 24 heavy (non-hydrogen) atoms. The van der Waals surface area contributed by atoms with Gasteiger partial charge in [0.25, 0.3) is 0 Å². The van der Waals surface area contributed by atoms with Gasteiger partial charge in [-0.3, -0.25) is 4.79 Å². The largest absolute Gasteiger partial charge is 0.384 e. The zero-order chi connectivity index (χ0) is 17.5. The van der Waals surface area contributed by atoms with Gasteiger partial charge in [0, 0.05) is 43.5 Å². The lowest BCUT2D eigenvalue weighted by Gasteiger charge is -2.22.